The smallest absolute Gasteiger partial charge is 0.415 e. The van der Waals surface area contributed by atoms with Crippen molar-refractivity contribution in [1.29, 1.82) is 0 Å². The third kappa shape index (κ3) is 3.10. The van der Waals surface area contributed by atoms with Gasteiger partial charge in [0.25, 0.3) is 0 Å². The maximum atomic E-state index is 12.5. The molecular formula is C20H17ClN4O4. The highest BCUT2D eigenvalue weighted by atomic mass is 35.5. The fourth-order valence-electron chi connectivity index (χ4n) is 3.54. The van der Waals surface area contributed by atoms with Crippen LogP contribution in [0.3, 0.4) is 0 Å². The van der Waals surface area contributed by atoms with Gasteiger partial charge in [-0.3, -0.25) is 4.90 Å². The first-order valence-corrected chi connectivity index (χ1v) is 9.42. The Bertz CT molecular complexity index is 1120. The summed E-state index contributed by atoms with van der Waals surface area (Å²) in [6.07, 6.45) is 1.01. The van der Waals surface area contributed by atoms with Gasteiger partial charge >= 0.3 is 6.09 Å². The lowest BCUT2D eigenvalue weighted by Crippen LogP contribution is -2.61. The minimum absolute atomic E-state index is 0.355. The van der Waals surface area contributed by atoms with Gasteiger partial charge in [0, 0.05) is 24.2 Å². The van der Waals surface area contributed by atoms with Gasteiger partial charge in [-0.15, -0.1) is 0 Å². The van der Waals surface area contributed by atoms with Crippen molar-refractivity contribution in [3.63, 3.8) is 0 Å². The molecule has 0 saturated carbocycles. The highest BCUT2D eigenvalue weighted by molar-refractivity contribution is 6.30. The topological polar surface area (TPSA) is 85.8 Å². The summed E-state index contributed by atoms with van der Waals surface area (Å²) in [5.41, 5.74) is 0.731. The van der Waals surface area contributed by atoms with E-state index in [1.54, 1.807) is 48.4 Å². The lowest BCUT2D eigenvalue weighted by molar-refractivity contribution is 0.0142. The monoisotopic (exact) mass is 412 g/mol. The van der Waals surface area contributed by atoms with Gasteiger partial charge in [-0.2, -0.15) is 0 Å². The van der Waals surface area contributed by atoms with Crippen LogP contribution in [-0.4, -0.2) is 48.4 Å². The largest absolute Gasteiger partial charge is 0.494 e. The number of benzene rings is 2. The summed E-state index contributed by atoms with van der Waals surface area (Å²) in [6, 6.07) is 10.6. The lowest BCUT2D eigenvalue weighted by atomic mass is 9.97. The van der Waals surface area contributed by atoms with Gasteiger partial charge in [-0.05, 0) is 24.3 Å². The Morgan fingerprint density at radius 2 is 2.10 bits per heavy atom. The molecule has 0 aliphatic carbocycles. The van der Waals surface area contributed by atoms with Gasteiger partial charge in [0.15, 0.2) is 5.60 Å². The van der Waals surface area contributed by atoms with Crippen molar-refractivity contribution in [2.75, 3.05) is 31.6 Å². The molecule has 3 aromatic rings. The Labute approximate surface area is 171 Å². The first-order chi connectivity index (χ1) is 14.1. The van der Waals surface area contributed by atoms with E-state index in [9.17, 15) is 4.79 Å². The molecule has 0 radical (unpaired) electrons. The molecule has 3 heterocycles. The number of carbonyl (C=O) groups is 1. The highest BCUT2D eigenvalue weighted by Crippen LogP contribution is 2.40. The first kappa shape index (κ1) is 18.0. The average Bonchev–Trinajstić information content (AvgIpc) is 3.05. The van der Waals surface area contributed by atoms with Crippen molar-refractivity contribution in [1.82, 2.24) is 15.3 Å². The molecule has 5 rings (SSSR count). The van der Waals surface area contributed by atoms with Crippen LogP contribution in [0.1, 0.15) is 0 Å². The van der Waals surface area contributed by atoms with E-state index in [0.29, 0.717) is 58.6 Å². The Morgan fingerprint density at radius 1 is 1.24 bits per heavy atom. The van der Waals surface area contributed by atoms with Crippen LogP contribution < -0.4 is 19.7 Å². The molecule has 2 aromatic carbocycles. The summed E-state index contributed by atoms with van der Waals surface area (Å²) >= 11 is 6.05. The second kappa shape index (κ2) is 6.75. The van der Waals surface area contributed by atoms with E-state index in [1.807, 2.05) is 0 Å². The number of nitrogens with zero attached hydrogens (tertiary/aromatic N) is 3. The van der Waals surface area contributed by atoms with Crippen LogP contribution in [-0.2, 0) is 4.74 Å². The second-order valence-corrected chi connectivity index (χ2v) is 7.46. The summed E-state index contributed by atoms with van der Waals surface area (Å²) in [5.74, 6) is 1.43. The van der Waals surface area contributed by atoms with Crippen molar-refractivity contribution in [3.05, 3.63) is 47.7 Å². The number of halogens is 1. The van der Waals surface area contributed by atoms with E-state index in [0.717, 1.165) is 0 Å². The summed E-state index contributed by atoms with van der Waals surface area (Å²) in [7, 11) is 1.55. The van der Waals surface area contributed by atoms with E-state index in [4.69, 9.17) is 25.8 Å². The van der Waals surface area contributed by atoms with Crippen LogP contribution in [0.2, 0.25) is 5.02 Å². The molecule has 1 amide bonds. The van der Waals surface area contributed by atoms with Gasteiger partial charge in [-0.1, -0.05) is 17.7 Å². The molecule has 1 aromatic heterocycles. The molecule has 0 atom stereocenters. The number of carbonyl (C=O) groups excluding carboxylic acids is 1. The number of ether oxygens (including phenoxy) is 3. The summed E-state index contributed by atoms with van der Waals surface area (Å²) in [4.78, 5) is 22.7. The molecule has 0 unspecified atom stereocenters. The number of methoxy groups -OCH3 is 1. The maximum Gasteiger partial charge on any atom is 0.415 e. The standard InChI is InChI=1S/C20H17ClN4O4/c1-27-17-7-15-14(6-16(17)25-10-20(8-22-9-20)29-19(25)26)18(24-11-23-15)28-13-4-2-3-12(21)5-13/h2-7,11,22H,8-10H2,1H3. The summed E-state index contributed by atoms with van der Waals surface area (Å²) in [6.45, 7) is 1.72. The summed E-state index contributed by atoms with van der Waals surface area (Å²) < 4.78 is 17.1. The SMILES string of the molecule is COc1cc2ncnc(Oc3cccc(Cl)c3)c2cc1N1CC2(CNC2)OC1=O. The van der Waals surface area contributed by atoms with E-state index >= 15 is 0 Å². The van der Waals surface area contributed by atoms with Gasteiger partial charge in [-0.25, -0.2) is 14.8 Å². The molecule has 1 N–H and O–H groups in total. The normalized spacial score (nSPS) is 17.3. The van der Waals surface area contributed by atoms with Gasteiger partial charge in [0.05, 0.1) is 30.2 Å². The Morgan fingerprint density at radius 3 is 2.79 bits per heavy atom. The summed E-state index contributed by atoms with van der Waals surface area (Å²) in [5, 5.41) is 4.35. The molecule has 2 aliphatic heterocycles. The van der Waals surface area contributed by atoms with Crippen molar-refractivity contribution < 1.29 is 19.0 Å². The van der Waals surface area contributed by atoms with Crippen LogP contribution >= 0.6 is 11.6 Å². The van der Waals surface area contributed by atoms with Crippen molar-refractivity contribution in [2.45, 2.75) is 5.60 Å². The number of aromatic nitrogens is 2. The minimum atomic E-state index is -0.482. The van der Waals surface area contributed by atoms with Crippen LogP contribution in [0.15, 0.2) is 42.7 Å². The number of nitrogens with one attached hydrogen (secondary N) is 1. The molecule has 148 valence electrons. The molecule has 1 spiro atoms. The highest BCUT2D eigenvalue weighted by Gasteiger charge is 2.50. The van der Waals surface area contributed by atoms with E-state index in [2.05, 4.69) is 15.3 Å². The number of anilines is 1. The van der Waals surface area contributed by atoms with Crippen LogP contribution in [0.5, 0.6) is 17.4 Å². The van der Waals surface area contributed by atoms with Gasteiger partial charge in [0.2, 0.25) is 5.88 Å². The minimum Gasteiger partial charge on any atom is -0.494 e. The number of amides is 1. The molecule has 9 heteroatoms. The molecule has 8 nitrogen and oxygen atoms in total. The number of rotatable bonds is 4. The second-order valence-electron chi connectivity index (χ2n) is 7.02. The van der Waals surface area contributed by atoms with Crippen LogP contribution in [0, 0.1) is 0 Å². The predicted octanol–water partition coefficient (Wildman–Crippen LogP) is 3.38. The van der Waals surface area contributed by atoms with Gasteiger partial charge < -0.3 is 19.5 Å². The van der Waals surface area contributed by atoms with E-state index in [1.165, 1.54) is 6.33 Å². The Kier molecular flexibility index (Phi) is 4.18. The van der Waals surface area contributed by atoms with E-state index in [-0.39, 0.29) is 0 Å². The Hall–Kier alpha value is -3.10. The predicted molar refractivity (Wildman–Crippen MR) is 107 cm³/mol. The molecule has 2 aliphatic rings. The zero-order valence-corrected chi connectivity index (χ0v) is 16.3. The van der Waals surface area contributed by atoms with Crippen molar-refractivity contribution in [3.8, 4) is 17.4 Å². The number of hydrogen-bond donors (Lipinski definition) is 1. The zero-order valence-electron chi connectivity index (χ0n) is 15.5. The molecule has 29 heavy (non-hydrogen) atoms. The number of fused-ring (bicyclic) bond motifs is 1. The zero-order chi connectivity index (χ0) is 20.0. The van der Waals surface area contributed by atoms with Crippen molar-refractivity contribution in [2.24, 2.45) is 0 Å². The van der Waals surface area contributed by atoms with Crippen LogP contribution in [0.4, 0.5) is 10.5 Å². The van der Waals surface area contributed by atoms with E-state index < -0.39 is 11.7 Å². The third-order valence-electron chi connectivity index (χ3n) is 5.07. The fourth-order valence-corrected chi connectivity index (χ4v) is 3.72. The van der Waals surface area contributed by atoms with Gasteiger partial charge in [0.1, 0.15) is 17.8 Å². The van der Waals surface area contributed by atoms with Crippen molar-refractivity contribution >= 4 is 34.3 Å². The molecular weight excluding hydrogens is 396 g/mol. The fraction of sp³-hybridized carbons (Fsp3) is 0.250. The quantitative estimate of drug-likeness (QED) is 0.702. The Balaban J connectivity index is 1.58. The molecule has 0 bridgehead atoms. The maximum absolute atomic E-state index is 12.5. The molecule has 2 fully saturated rings. The lowest BCUT2D eigenvalue weighted by Gasteiger charge is -2.36. The third-order valence-corrected chi connectivity index (χ3v) is 5.30. The number of hydrogen-bond acceptors (Lipinski definition) is 7. The first-order valence-electron chi connectivity index (χ1n) is 9.04. The molecule has 2 saturated heterocycles. The van der Waals surface area contributed by atoms with Crippen LogP contribution in [0.25, 0.3) is 10.9 Å². The average molecular weight is 413 g/mol.